The highest BCUT2D eigenvalue weighted by Crippen LogP contribution is 2.51. The first-order valence-electron chi connectivity index (χ1n) is 20.7. The number of benzene rings is 9. The lowest BCUT2D eigenvalue weighted by Crippen LogP contribution is -2.22. The van der Waals surface area contributed by atoms with Gasteiger partial charge in [-0.25, -0.2) is 0 Å². The van der Waals surface area contributed by atoms with E-state index in [4.69, 9.17) is 4.42 Å². The molecule has 0 unspecified atom stereocenters. The molecule has 0 saturated carbocycles. The maximum atomic E-state index is 7.03. The molecule has 10 aromatic rings. The SMILES string of the molecule is C[SiH](C)c1ccc(N(c2ccccc2)c2ccc3c(c2)oc2c4ccc(N(c5ccccc5)c5ccc6c(c5)C(C)(C)c5ccccc5-6)cc4c4ccccc4c32)cc1. The molecule has 0 amide bonds. The largest absolute Gasteiger partial charge is 0.455 e. The van der Waals surface area contributed by atoms with E-state index in [9.17, 15) is 0 Å². The minimum Gasteiger partial charge on any atom is -0.455 e. The molecule has 59 heavy (non-hydrogen) atoms. The van der Waals surface area contributed by atoms with Crippen molar-refractivity contribution in [2.75, 3.05) is 9.80 Å². The van der Waals surface area contributed by atoms with E-state index in [2.05, 4.69) is 225 Å². The molecule has 0 aliphatic heterocycles. The van der Waals surface area contributed by atoms with Gasteiger partial charge in [0, 0.05) is 61.8 Å². The highest BCUT2D eigenvalue weighted by molar-refractivity contribution is 6.70. The fraction of sp³-hybridized carbons (Fsp3) is 0.0909. The van der Waals surface area contributed by atoms with Crippen molar-refractivity contribution in [1.29, 1.82) is 0 Å². The van der Waals surface area contributed by atoms with E-state index in [0.29, 0.717) is 0 Å². The quantitative estimate of drug-likeness (QED) is 0.119. The summed E-state index contributed by atoms with van der Waals surface area (Å²) in [4.78, 5) is 4.73. The third-order valence-corrected chi connectivity index (χ3v) is 14.3. The van der Waals surface area contributed by atoms with E-state index in [1.807, 2.05) is 0 Å². The summed E-state index contributed by atoms with van der Waals surface area (Å²) >= 11 is 0. The van der Waals surface area contributed by atoms with Crippen molar-refractivity contribution in [2.45, 2.75) is 32.4 Å². The summed E-state index contributed by atoms with van der Waals surface area (Å²) in [5.74, 6) is 0. The van der Waals surface area contributed by atoms with Gasteiger partial charge in [0.2, 0.25) is 0 Å². The van der Waals surface area contributed by atoms with Crippen LogP contribution in [0.4, 0.5) is 34.1 Å². The van der Waals surface area contributed by atoms with Crippen molar-refractivity contribution in [3.05, 3.63) is 199 Å². The minimum atomic E-state index is -0.917. The van der Waals surface area contributed by atoms with E-state index in [0.717, 1.165) is 61.4 Å². The summed E-state index contributed by atoms with van der Waals surface area (Å²) in [6.07, 6.45) is 0. The van der Waals surface area contributed by atoms with Crippen molar-refractivity contribution >= 4 is 91.6 Å². The van der Waals surface area contributed by atoms with Crippen molar-refractivity contribution in [3.8, 4) is 11.1 Å². The lowest BCUT2D eigenvalue weighted by atomic mass is 9.82. The average molecular weight is 777 g/mol. The second-order valence-electron chi connectivity index (χ2n) is 16.8. The number of nitrogens with zero attached hydrogens (tertiary/aromatic N) is 2. The van der Waals surface area contributed by atoms with Gasteiger partial charge in [0.05, 0.1) is 8.80 Å². The molecule has 0 N–H and O–H groups in total. The molecule has 1 aliphatic carbocycles. The highest BCUT2D eigenvalue weighted by atomic mass is 28.3. The van der Waals surface area contributed by atoms with Gasteiger partial charge >= 0.3 is 0 Å². The molecular weight excluding hydrogens is 733 g/mol. The average Bonchev–Trinajstić information content (AvgIpc) is 3.77. The van der Waals surface area contributed by atoms with Crippen LogP contribution < -0.4 is 15.0 Å². The first-order chi connectivity index (χ1) is 28.8. The van der Waals surface area contributed by atoms with Crippen LogP contribution in [0.2, 0.25) is 13.1 Å². The van der Waals surface area contributed by atoms with Crippen molar-refractivity contribution < 1.29 is 4.42 Å². The molecule has 0 radical (unpaired) electrons. The second kappa shape index (κ2) is 13.6. The first kappa shape index (κ1) is 35.3. The Kier molecular flexibility index (Phi) is 8.14. The lowest BCUT2D eigenvalue weighted by molar-refractivity contribution is 0.660. The Balaban J connectivity index is 1.09. The molecule has 0 saturated heterocycles. The molecule has 1 aliphatic rings. The molecule has 284 valence electrons. The normalized spacial score (nSPS) is 13.0. The molecule has 9 aromatic carbocycles. The third kappa shape index (κ3) is 5.62. The van der Waals surface area contributed by atoms with Crippen LogP contribution in [0.3, 0.4) is 0 Å². The molecule has 11 rings (SSSR count). The Morgan fingerprint density at radius 3 is 1.64 bits per heavy atom. The number of hydrogen-bond acceptors (Lipinski definition) is 3. The Morgan fingerprint density at radius 1 is 0.407 bits per heavy atom. The number of fused-ring (bicyclic) bond motifs is 11. The topological polar surface area (TPSA) is 19.6 Å². The van der Waals surface area contributed by atoms with Crippen LogP contribution in [0, 0.1) is 0 Å². The molecule has 0 spiro atoms. The zero-order valence-electron chi connectivity index (χ0n) is 33.8. The zero-order chi connectivity index (χ0) is 39.8. The highest BCUT2D eigenvalue weighted by Gasteiger charge is 2.35. The van der Waals surface area contributed by atoms with E-state index < -0.39 is 8.80 Å². The molecule has 1 heterocycles. The van der Waals surface area contributed by atoms with Gasteiger partial charge in [0.1, 0.15) is 11.2 Å². The van der Waals surface area contributed by atoms with Gasteiger partial charge in [0.25, 0.3) is 0 Å². The molecule has 4 heteroatoms. The predicted molar refractivity (Wildman–Crippen MR) is 254 cm³/mol. The standard InChI is InChI=1S/C55H44N2OSi/c1-55(2)50-22-14-13-20-44(50)45-30-25-40(34-51(45)55)57(37-17-9-6-10-18-37)39-26-31-47-49(33-39)43-19-11-12-21-46(43)53-48-32-27-41(35-52(48)58-54(47)53)56(36-15-7-5-8-16-36)38-23-28-42(29-24-38)59(3)4/h5-35,59H,1-4H3. The number of anilines is 6. The molecule has 3 nitrogen and oxygen atoms in total. The Bertz CT molecular complexity index is 3220. The number of rotatable bonds is 7. The van der Waals surface area contributed by atoms with Gasteiger partial charge in [-0.3, -0.25) is 0 Å². The van der Waals surface area contributed by atoms with Crippen LogP contribution in [-0.2, 0) is 5.41 Å². The van der Waals surface area contributed by atoms with Crippen LogP contribution in [0.5, 0.6) is 0 Å². The first-order valence-corrected chi connectivity index (χ1v) is 23.6. The molecule has 0 bridgehead atoms. The fourth-order valence-corrected chi connectivity index (χ4v) is 10.6. The summed E-state index contributed by atoms with van der Waals surface area (Å²) < 4.78 is 7.03. The summed E-state index contributed by atoms with van der Waals surface area (Å²) in [6, 6.07) is 68.8. The lowest BCUT2D eigenvalue weighted by Gasteiger charge is -2.28. The minimum absolute atomic E-state index is 0.103. The molecule has 0 fully saturated rings. The third-order valence-electron chi connectivity index (χ3n) is 12.6. The Labute approximate surface area is 347 Å². The number of para-hydroxylation sites is 2. The second-order valence-corrected chi connectivity index (χ2v) is 19.7. The van der Waals surface area contributed by atoms with Gasteiger partial charge < -0.3 is 14.2 Å². The maximum absolute atomic E-state index is 7.03. The summed E-state index contributed by atoms with van der Waals surface area (Å²) in [5.41, 5.74) is 13.7. The Hall–Kier alpha value is -6.88. The van der Waals surface area contributed by atoms with Gasteiger partial charge in [-0.15, -0.1) is 0 Å². The maximum Gasteiger partial charge on any atom is 0.143 e. The van der Waals surface area contributed by atoms with E-state index in [1.54, 1.807) is 0 Å². The van der Waals surface area contributed by atoms with Gasteiger partial charge in [0.15, 0.2) is 0 Å². The molecule has 0 atom stereocenters. The predicted octanol–water partition coefficient (Wildman–Crippen LogP) is 14.8. The van der Waals surface area contributed by atoms with E-state index >= 15 is 0 Å². The van der Waals surface area contributed by atoms with Crippen LogP contribution >= 0.6 is 0 Å². The monoisotopic (exact) mass is 776 g/mol. The van der Waals surface area contributed by atoms with E-state index in [1.165, 1.54) is 43.6 Å². The Morgan fingerprint density at radius 2 is 0.932 bits per heavy atom. The number of hydrogen-bond donors (Lipinski definition) is 0. The van der Waals surface area contributed by atoms with Crippen LogP contribution in [0.1, 0.15) is 25.0 Å². The van der Waals surface area contributed by atoms with E-state index in [-0.39, 0.29) is 5.41 Å². The fourth-order valence-electron chi connectivity index (χ4n) is 9.60. The van der Waals surface area contributed by atoms with Crippen molar-refractivity contribution in [1.82, 2.24) is 0 Å². The van der Waals surface area contributed by atoms with Crippen LogP contribution in [0.25, 0.3) is 54.6 Å². The number of furan rings is 1. The van der Waals surface area contributed by atoms with Gasteiger partial charge in [-0.2, -0.15) is 0 Å². The summed E-state index contributed by atoms with van der Waals surface area (Å²) in [7, 11) is -0.917. The molecular formula is C55H44N2OSi. The van der Waals surface area contributed by atoms with Gasteiger partial charge in [-0.1, -0.05) is 135 Å². The van der Waals surface area contributed by atoms with Crippen LogP contribution in [-0.4, -0.2) is 8.80 Å². The van der Waals surface area contributed by atoms with Gasteiger partial charge in [-0.05, 0) is 117 Å². The van der Waals surface area contributed by atoms with Crippen LogP contribution in [0.15, 0.2) is 192 Å². The smallest absolute Gasteiger partial charge is 0.143 e. The van der Waals surface area contributed by atoms with Crippen molar-refractivity contribution in [3.63, 3.8) is 0 Å². The van der Waals surface area contributed by atoms with Crippen molar-refractivity contribution in [2.24, 2.45) is 0 Å². The summed E-state index contributed by atoms with van der Waals surface area (Å²) in [6.45, 7) is 9.45. The zero-order valence-corrected chi connectivity index (χ0v) is 34.9. The summed E-state index contributed by atoms with van der Waals surface area (Å²) in [5, 5.41) is 8.40. The molecule has 1 aromatic heterocycles.